The van der Waals surface area contributed by atoms with Gasteiger partial charge in [-0.25, -0.2) is 9.47 Å². The highest BCUT2D eigenvalue weighted by molar-refractivity contribution is 7.99. The van der Waals surface area contributed by atoms with Crippen molar-refractivity contribution in [2.24, 2.45) is 0 Å². The zero-order chi connectivity index (χ0) is 18.4. The molecule has 1 amide bonds. The van der Waals surface area contributed by atoms with Gasteiger partial charge in [-0.15, -0.1) is 10.2 Å². The van der Waals surface area contributed by atoms with Gasteiger partial charge in [0.15, 0.2) is 0 Å². The van der Waals surface area contributed by atoms with Gasteiger partial charge in [-0.1, -0.05) is 11.8 Å². The van der Waals surface area contributed by atoms with Gasteiger partial charge >= 0.3 is 5.97 Å². The average molecular weight is 371 g/mol. The molecule has 0 aliphatic rings. The van der Waals surface area contributed by atoms with Crippen LogP contribution in [0.1, 0.15) is 17.3 Å². The second-order valence-electron chi connectivity index (χ2n) is 5.16. The second-order valence-corrected chi connectivity index (χ2v) is 6.10. The number of carbonyl (C=O) groups excluding carboxylic acids is 2. The maximum atomic E-state index is 12.1. The fourth-order valence-corrected chi connectivity index (χ4v) is 2.88. The molecule has 0 atom stereocenters. The lowest BCUT2D eigenvalue weighted by atomic mass is 10.2. The minimum absolute atomic E-state index is 0.180. The Morgan fingerprint density at radius 1 is 1.19 bits per heavy atom. The number of nitrogens with zero attached hydrogens (tertiary/aromatic N) is 4. The van der Waals surface area contributed by atoms with Gasteiger partial charge in [0.05, 0.1) is 17.9 Å². The summed E-state index contributed by atoms with van der Waals surface area (Å²) in [5.41, 5.74) is 1.05. The molecule has 0 saturated carbocycles. The molecule has 0 aliphatic heterocycles. The Hall–Kier alpha value is -3.07. The Morgan fingerprint density at radius 3 is 2.62 bits per heavy atom. The summed E-state index contributed by atoms with van der Waals surface area (Å²) in [5.74, 6) is -0.384. The zero-order valence-electron chi connectivity index (χ0n) is 14.0. The first-order chi connectivity index (χ1) is 12.7. The fraction of sp³-hybridized carbons (Fsp3) is 0.176. The van der Waals surface area contributed by atoms with E-state index in [2.05, 4.69) is 15.5 Å². The fourth-order valence-electron chi connectivity index (χ4n) is 2.17. The molecule has 0 radical (unpaired) electrons. The summed E-state index contributed by atoms with van der Waals surface area (Å²) < 4.78 is 8.48. The van der Waals surface area contributed by atoms with Crippen molar-refractivity contribution in [3.05, 3.63) is 60.7 Å². The van der Waals surface area contributed by atoms with Gasteiger partial charge in [0.1, 0.15) is 6.33 Å². The van der Waals surface area contributed by atoms with Gasteiger partial charge in [-0.05, 0) is 43.3 Å². The van der Waals surface area contributed by atoms with E-state index in [1.807, 2.05) is 29.2 Å². The molecule has 0 saturated heterocycles. The van der Waals surface area contributed by atoms with Crippen LogP contribution in [0.15, 0.2) is 60.3 Å². The molecule has 3 aromatic rings. The number of nitrogens with one attached hydrogen (secondary N) is 1. The third-order valence-electron chi connectivity index (χ3n) is 3.35. The summed E-state index contributed by atoms with van der Waals surface area (Å²) in [6.45, 7) is 2.07. The zero-order valence-corrected chi connectivity index (χ0v) is 14.8. The molecule has 0 aliphatic carbocycles. The first kappa shape index (κ1) is 17.7. The van der Waals surface area contributed by atoms with Crippen molar-refractivity contribution in [3.8, 4) is 0 Å². The smallest absolute Gasteiger partial charge is 0.338 e. The van der Waals surface area contributed by atoms with Crippen LogP contribution in [0.25, 0.3) is 0 Å². The maximum Gasteiger partial charge on any atom is 0.338 e. The molecule has 26 heavy (non-hydrogen) atoms. The summed E-state index contributed by atoms with van der Waals surface area (Å²) in [6, 6.07) is 10.3. The van der Waals surface area contributed by atoms with E-state index in [4.69, 9.17) is 4.74 Å². The minimum atomic E-state index is -0.384. The number of carbonyl (C=O) groups is 2. The van der Waals surface area contributed by atoms with Crippen molar-refractivity contribution in [2.75, 3.05) is 17.7 Å². The molecule has 8 nitrogen and oxygen atoms in total. The molecule has 1 aromatic carbocycles. The number of anilines is 1. The Balaban J connectivity index is 1.55. The molecule has 0 fully saturated rings. The number of thioether (sulfide) groups is 1. The molecule has 134 valence electrons. The quantitative estimate of drug-likeness (QED) is 0.506. The van der Waals surface area contributed by atoms with Crippen LogP contribution in [0.4, 0.5) is 5.69 Å². The number of rotatable bonds is 7. The van der Waals surface area contributed by atoms with Gasteiger partial charge in [0, 0.05) is 18.1 Å². The number of aromatic nitrogens is 4. The van der Waals surface area contributed by atoms with Crippen LogP contribution in [-0.4, -0.2) is 43.8 Å². The lowest BCUT2D eigenvalue weighted by Crippen LogP contribution is -2.15. The topological polar surface area (TPSA) is 91.0 Å². The highest BCUT2D eigenvalue weighted by Crippen LogP contribution is 2.16. The van der Waals surface area contributed by atoms with E-state index in [1.54, 1.807) is 42.2 Å². The van der Waals surface area contributed by atoms with Crippen LogP contribution in [-0.2, 0) is 9.53 Å². The normalized spacial score (nSPS) is 10.5. The van der Waals surface area contributed by atoms with E-state index in [0.29, 0.717) is 23.0 Å². The number of ether oxygens (including phenoxy) is 1. The number of hydrogen-bond donors (Lipinski definition) is 1. The van der Waals surface area contributed by atoms with Crippen molar-refractivity contribution < 1.29 is 14.3 Å². The highest BCUT2D eigenvalue weighted by Gasteiger charge is 2.11. The van der Waals surface area contributed by atoms with Crippen molar-refractivity contribution >= 4 is 29.3 Å². The monoisotopic (exact) mass is 371 g/mol. The van der Waals surface area contributed by atoms with Crippen molar-refractivity contribution in [1.82, 2.24) is 19.5 Å². The molecule has 0 spiro atoms. The van der Waals surface area contributed by atoms with Gasteiger partial charge < -0.3 is 10.1 Å². The first-order valence-corrected chi connectivity index (χ1v) is 8.89. The summed E-state index contributed by atoms with van der Waals surface area (Å²) in [4.78, 5) is 23.8. The standard InChI is InChI=1S/C17H17N5O3S/c1-2-25-16(24)13-5-7-14(8-6-13)19-15(23)11-26-17-20-18-12-22(17)21-9-3-4-10-21/h3-10,12H,2,11H2,1H3,(H,19,23). The SMILES string of the molecule is CCOC(=O)c1ccc(NC(=O)CSc2nncn2-n2cccc2)cc1. The number of hydrogen-bond acceptors (Lipinski definition) is 6. The predicted octanol–water partition coefficient (Wildman–Crippen LogP) is 2.30. The minimum Gasteiger partial charge on any atom is -0.462 e. The summed E-state index contributed by atoms with van der Waals surface area (Å²) in [7, 11) is 0. The van der Waals surface area contributed by atoms with Gasteiger partial charge in [-0.3, -0.25) is 9.47 Å². The lowest BCUT2D eigenvalue weighted by Gasteiger charge is -2.08. The van der Waals surface area contributed by atoms with E-state index in [0.717, 1.165) is 0 Å². The first-order valence-electron chi connectivity index (χ1n) is 7.91. The van der Waals surface area contributed by atoms with E-state index < -0.39 is 0 Å². The lowest BCUT2D eigenvalue weighted by molar-refractivity contribution is -0.113. The Morgan fingerprint density at radius 2 is 1.92 bits per heavy atom. The largest absolute Gasteiger partial charge is 0.462 e. The molecule has 0 unspecified atom stereocenters. The maximum absolute atomic E-state index is 12.1. The Kier molecular flexibility index (Phi) is 5.69. The van der Waals surface area contributed by atoms with Crippen LogP contribution in [0.3, 0.4) is 0 Å². The third kappa shape index (κ3) is 4.31. The predicted molar refractivity (Wildman–Crippen MR) is 97.0 cm³/mol. The summed E-state index contributed by atoms with van der Waals surface area (Å²) in [6.07, 6.45) is 5.30. The van der Waals surface area contributed by atoms with Crippen LogP contribution in [0.2, 0.25) is 0 Å². The molecule has 9 heteroatoms. The van der Waals surface area contributed by atoms with Crippen molar-refractivity contribution in [1.29, 1.82) is 0 Å². The van der Waals surface area contributed by atoms with Crippen LogP contribution < -0.4 is 5.32 Å². The Labute approximate surface area is 154 Å². The number of benzene rings is 1. The van der Waals surface area contributed by atoms with Crippen molar-refractivity contribution in [2.45, 2.75) is 12.1 Å². The molecule has 2 aromatic heterocycles. The summed E-state index contributed by atoms with van der Waals surface area (Å²) in [5, 5.41) is 11.3. The van der Waals surface area contributed by atoms with Gasteiger partial charge in [-0.2, -0.15) is 0 Å². The average Bonchev–Trinajstić information content (AvgIpc) is 3.32. The number of amides is 1. The van der Waals surface area contributed by atoms with Crippen LogP contribution in [0.5, 0.6) is 0 Å². The highest BCUT2D eigenvalue weighted by atomic mass is 32.2. The van der Waals surface area contributed by atoms with Crippen molar-refractivity contribution in [3.63, 3.8) is 0 Å². The molecular formula is C17H17N5O3S. The molecular weight excluding hydrogens is 354 g/mol. The Bertz CT molecular complexity index is 874. The third-order valence-corrected chi connectivity index (χ3v) is 4.28. The number of esters is 1. The van der Waals surface area contributed by atoms with E-state index in [1.165, 1.54) is 11.8 Å². The van der Waals surface area contributed by atoms with Crippen LogP contribution in [0, 0.1) is 0 Å². The molecule has 2 heterocycles. The summed E-state index contributed by atoms with van der Waals surface area (Å²) >= 11 is 1.28. The van der Waals surface area contributed by atoms with E-state index in [-0.39, 0.29) is 17.6 Å². The molecule has 3 rings (SSSR count). The second kappa shape index (κ2) is 8.34. The van der Waals surface area contributed by atoms with E-state index >= 15 is 0 Å². The van der Waals surface area contributed by atoms with E-state index in [9.17, 15) is 9.59 Å². The van der Waals surface area contributed by atoms with Gasteiger partial charge in [0.2, 0.25) is 11.1 Å². The molecule has 1 N–H and O–H groups in total. The van der Waals surface area contributed by atoms with Gasteiger partial charge in [0.25, 0.3) is 0 Å². The molecule has 0 bridgehead atoms. The van der Waals surface area contributed by atoms with Crippen LogP contribution >= 0.6 is 11.8 Å².